The first kappa shape index (κ1) is 16.4. The molecule has 8 heteroatoms. The number of hydrogen-bond acceptors (Lipinski definition) is 4. The summed E-state index contributed by atoms with van der Waals surface area (Å²) in [7, 11) is -3.93. The van der Waals surface area contributed by atoms with E-state index in [9.17, 15) is 17.6 Å². The minimum Gasteiger partial charge on any atom is -0.322 e. The zero-order valence-electron chi connectivity index (χ0n) is 11.5. The van der Waals surface area contributed by atoms with Gasteiger partial charge in [0.1, 0.15) is 11.1 Å². The van der Waals surface area contributed by atoms with Gasteiger partial charge in [-0.15, -0.1) is 0 Å². The van der Waals surface area contributed by atoms with Crippen LogP contribution in [0.4, 0.5) is 10.1 Å². The van der Waals surface area contributed by atoms with Crippen LogP contribution in [0.2, 0.25) is 5.15 Å². The number of hydrogen-bond donors (Lipinski definition) is 1. The van der Waals surface area contributed by atoms with Crippen LogP contribution in [-0.4, -0.2) is 24.6 Å². The van der Waals surface area contributed by atoms with Crippen LogP contribution >= 0.6 is 11.6 Å². The largest absolute Gasteiger partial charge is 0.322 e. The van der Waals surface area contributed by atoms with Crippen LogP contribution in [0.3, 0.4) is 0 Å². The molecule has 2 aromatic rings. The normalized spacial score (nSPS) is 12.7. The third kappa shape index (κ3) is 3.42. The van der Waals surface area contributed by atoms with Crippen molar-refractivity contribution in [3.05, 3.63) is 53.6 Å². The molecule has 0 aliphatic heterocycles. The third-order valence-electron chi connectivity index (χ3n) is 2.99. The van der Waals surface area contributed by atoms with E-state index in [4.69, 9.17) is 11.6 Å². The fourth-order valence-electron chi connectivity index (χ4n) is 1.68. The van der Waals surface area contributed by atoms with Gasteiger partial charge in [-0.2, -0.15) is 0 Å². The van der Waals surface area contributed by atoms with Crippen molar-refractivity contribution in [1.29, 1.82) is 0 Å². The molecule has 0 spiro atoms. The summed E-state index contributed by atoms with van der Waals surface area (Å²) >= 11 is 5.80. The van der Waals surface area contributed by atoms with Gasteiger partial charge in [0, 0.05) is 6.20 Å². The summed E-state index contributed by atoms with van der Waals surface area (Å²) in [5, 5.41) is 1.10. The summed E-state index contributed by atoms with van der Waals surface area (Å²) in [4.78, 5) is 15.8. The first-order valence-corrected chi connectivity index (χ1v) is 8.15. The van der Waals surface area contributed by atoms with Gasteiger partial charge < -0.3 is 5.32 Å². The zero-order valence-corrected chi connectivity index (χ0v) is 13.0. The molecule has 1 N–H and O–H groups in total. The number of rotatable bonds is 4. The van der Waals surface area contributed by atoms with E-state index < -0.39 is 26.8 Å². The fraction of sp³-hybridized carbons (Fsp3) is 0.143. The highest BCUT2D eigenvalue weighted by Gasteiger charge is 2.30. The summed E-state index contributed by atoms with van der Waals surface area (Å²) in [5.74, 6) is -1.31. The molecule has 5 nitrogen and oxygen atoms in total. The second-order valence-electron chi connectivity index (χ2n) is 4.47. The molecular formula is C14H12ClFN2O3S. The predicted octanol–water partition coefficient (Wildman–Crippen LogP) is 2.68. The number of carbonyl (C=O) groups is 1. The Bertz CT molecular complexity index is 794. The van der Waals surface area contributed by atoms with Crippen molar-refractivity contribution in [2.24, 2.45) is 0 Å². The Labute approximate surface area is 132 Å². The quantitative estimate of drug-likeness (QED) is 0.684. The molecule has 1 aromatic carbocycles. The van der Waals surface area contributed by atoms with Gasteiger partial charge in [0.15, 0.2) is 15.0 Å². The van der Waals surface area contributed by atoms with Crippen LogP contribution < -0.4 is 5.32 Å². The molecule has 1 heterocycles. The van der Waals surface area contributed by atoms with Gasteiger partial charge in [0.25, 0.3) is 0 Å². The van der Waals surface area contributed by atoms with Crippen LogP contribution in [-0.2, 0) is 14.6 Å². The van der Waals surface area contributed by atoms with E-state index >= 15 is 0 Å². The number of pyridine rings is 1. The lowest BCUT2D eigenvalue weighted by molar-refractivity contribution is -0.115. The summed E-state index contributed by atoms with van der Waals surface area (Å²) in [5.41, 5.74) is 0.218. The highest BCUT2D eigenvalue weighted by atomic mass is 35.5. The molecule has 1 aromatic heterocycles. The topological polar surface area (TPSA) is 76.1 Å². The third-order valence-corrected chi connectivity index (χ3v) is 5.37. The molecule has 0 saturated carbocycles. The molecule has 0 unspecified atom stereocenters. The van der Waals surface area contributed by atoms with E-state index in [1.807, 2.05) is 0 Å². The zero-order chi connectivity index (χ0) is 16.3. The van der Waals surface area contributed by atoms with Gasteiger partial charge in [0.2, 0.25) is 5.91 Å². The Morgan fingerprint density at radius 1 is 1.27 bits per heavy atom. The van der Waals surface area contributed by atoms with Gasteiger partial charge in [-0.3, -0.25) is 4.79 Å². The Hall–Kier alpha value is -1.99. The van der Waals surface area contributed by atoms with E-state index in [1.165, 1.54) is 19.2 Å². The van der Waals surface area contributed by atoms with E-state index in [1.54, 1.807) is 6.07 Å². The maximum atomic E-state index is 12.9. The Morgan fingerprint density at radius 3 is 2.50 bits per heavy atom. The van der Waals surface area contributed by atoms with Crippen molar-refractivity contribution < 1.29 is 17.6 Å². The lowest BCUT2D eigenvalue weighted by atomic mass is 10.3. The second-order valence-corrected chi connectivity index (χ2v) is 7.10. The van der Waals surface area contributed by atoms with E-state index in [0.29, 0.717) is 0 Å². The smallest absolute Gasteiger partial charge is 0.242 e. The van der Waals surface area contributed by atoms with E-state index in [2.05, 4.69) is 10.3 Å². The summed E-state index contributed by atoms with van der Waals surface area (Å²) in [6.07, 6.45) is 1.44. The number of halogens is 2. The van der Waals surface area contributed by atoms with E-state index in [0.717, 1.165) is 24.3 Å². The monoisotopic (exact) mass is 342 g/mol. The number of amides is 1. The van der Waals surface area contributed by atoms with E-state index in [-0.39, 0.29) is 15.7 Å². The molecular weight excluding hydrogens is 331 g/mol. The lowest BCUT2D eigenvalue weighted by Gasteiger charge is -2.13. The molecule has 0 aliphatic carbocycles. The Morgan fingerprint density at radius 2 is 1.91 bits per heavy atom. The van der Waals surface area contributed by atoms with Crippen LogP contribution in [0.5, 0.6) is 0 Å². The minimum atomic E-state index is -3.93. The first-order valence-electron chi connectivity index (χ1n) is 6.23. The number of nitrogens with zero attached hydrogens (tertiary/aromatic N) is 1. The van der Waals surface area contributed by atoms with Crippen molar-refractivity contribution in [3.63, 3.8) is 0 Å². The Balaban J connectivity index is 2.23. The predicted molar refractivity (Wildman–Crippen MR) is 80.9 cm³/mol. The van der Waals surface area contributed by atoms with Crippen LogP contribution in [0.15, 0.2) is 47.5 Å². The minimum absolute atomic E-state index is 0.0576. The molecule has 116 valence electrons. The number of sulfone groups is 1. The van der Waals surface area contributed by atoms with Crippen LogP contribution in [0.25, 0.3) is 0 Å². The maximum Gasteiger partial charge on any atom is 0.242 e. The molecule has 0 saturated heterocycles. The van der Waals surface area contributed by atoms with Crippen LogP contribution in [0.1, 0.15) is 6.92 Å². The number of aromatic nitrogens is 1. The first-order chi connectivity index (χ1) is 10.3. The maximum absolute atomic E-state index is 12.9. The van der Waals surface area contributed by atoms with Crippen molar-refractivity contribution in [2.45, 2.75) is 17.1 Å². The number of benzene rings is 1. The molecule has 22 heavy (non-hydrogen) atoms. The molecule has 0 radical (unpaired) electrons. The molecule has 0 bridgehead atoms. The molecule has 1 amide bonds. The highest BCUT2D eigenvalue weighted by Crippen LogP contribution is 2.21. The number of carbonyl (C=O) groups excluding carboxylic acids is 1. The van der Waals surface area contributed by atoms with Crippen molar-refractivity contribution in [3.8, 4) is 0 Å². The Kier molecular flexibility index (Phi) is 4.77. The number of nitrogens with one attached hydrogen (secondary N) is 1. The second kappa shape index (κ2) is 6.41. The highest BCUT2D eigenvalue weighted by molar-refractivity contribution is 7.92. The molecule has 2 rings (SSSR count). The molecule has 1 atom stereocenters. The fourth-order valence-corrected chi connectivity index (χ4v) is 3.11. The van der Waals surface area contributed by atoms with Crippen molar-refractivity contribution in [1.82, 2.24) is 4.98 Å². The number of anilines is 1. The molecule has 0 aliphatic rings. The SMILES string of the molecule is C[C@H](C(=O)Nc1cccnc1Cl)S(=O)(=O)c1ccc(F)cc1. The average molecular weight is 343 g/mol. The standard InChI is InChI=1S/C14H12ClFN2O3S/c1-9(14(19)18-12-3-2-8-17-13(12)15)22(20,21)11-6-4-10(16)5-7-11/h2-9H,1H3,(H,18,19)/t9-/m1/s1. The summed E-state index contributed by atoms with van der Waals surface area (Å²) in [6.45, 7) is 1.25. The molecule has 0 fully saturated rings. The van der Waals surface area contributed by atoms with Gasteiger partial charge in [-0.25, -0.2) is 17.8 Å². The van der Waals surface area contributed by atoms with Gasteiger partial charge in [-0.1, -0.05) is 11.6 Å². The summed E-state index contributed by atoms with van der Waals surface area (Å²) in [6, 6.07) is 7.34. The summed E-state index contributed by atoms with van der Waals surface area (Å²) < 4.78 is 37.5. The van der Waals surface area contributed by atoms with Gasteiger partial charge >= 0.3 is 0 Å². The van der Waals surface area contributed by atoms with Crippen molar-refractivity contribution >= 4 is 33.0 Å². The van der Waals surface area contributed by atoms with Gasteiger partial charge in [-0.05, 0) is 43.3 Å². The van der Waals surface area contributed by atoms with Crippen LogP contribution in [0, 0.1) is 5.82 Å². The van der Waals surface area contributed by atoms with Gasteiger partial charge in [0.05, 0.1) is 10.6 Å². The van der Waals surface area contributed by atoms with Crippen molar-refractivity contribution in [2.75, 3.05) is 5.32 Å². The lowest BCUT2D eigenvalue weighted by Crippen LogP contribution is -2.32. The average Bonchev–Trinajstić information content (AvgIpc) is 2.49.